The molecular weight excluding hydrogens is 236 g/mol. The third kappa shape index (κ3) is 4.09. The Hall–Kier alpha value is 0.177. The zero-order valence-electron chi connectivity index (χ0n) is 14.0. The maximum Gasteiger partial charge on any atom is 0.201 e. The van der Waals surface area contributed by atoms with E-state index < -0.39 is 8.32 Å². The van der Waals surface area contributed by atoms with Crippen LogP contribution in [0.25, 0.3) is 0 Å². The third-order valence-corrected chi connectivity index (χ3v) is 11.3. The van der Waals surface area contributed by atoms with E-state index in [1.807, 2.05) is 0 Å². The minimum Gasteiger partial charge on any atom is -0.416 e. The van der Waals surface area contributed by atoms with Gasteiger partial charge in [0, 0.05) is 6.61 Å². The van der Waals surface area contributed by atoms with Crippen molar-refractivity contribution in [3.05, 3.63) is 0 Å². The maximum absolute atomic E-state index is 6.69. The van der Waals surface area contributed by atoms with Crippen LogP contribution in [-0.4, -0.2) is 14.9 Å². The summed E-state index contributed by atoms with van der Waals surface area (Å²) in [5, 5.41) is 0. The van der Waals surface area contributed by atoms with Gasteiger partial charge < -0.3 is 4.43 Å². The van der Waals surface area contributed by atoms with Crippen LogP contribution >= 0.6 is 0 Å². The van der Waals surface area contributed by atoms with Crippen LogP contribution in [-0.2, 0) is 4.43 Å². The topological polar surface area (TPSA) is 9.23 Å². The van der Waals surface area contributed by atoms with Crippen molar-refractivity contribution >= 4 is 8.32 Å². The molecule has 18 heavy (non-hydrogen) atoms. The molecule has 1 nitrogen and oxygen atoms in total. The predicted molar refractivity (Wildman–Crippen MR) is 85.7 cm³/mol. The van der Waals surface area contributed by atoms with Crippen molar-refractivity contribution in [3.8, 4) is 0 Å². The van der Waals surface area contributed by atoms with Gasteiger partial charge in [-0.15, -0.1) is 0 Å². The van der Waals surface area contributed by atoms with Gasteiger partial charge in [0.05, 0.1) is 0 Å². The Labute approximate surface area is 117 Å². The molecule has 0 saturated carbocycles. The van der Waals surface area contributed by atoms with E-state index in [0.29, 0.717) is 5.92 Å². The fourth-order valence-electron chi connectivity index (χ4n) is 3.15. The first kappa shape index (κ1) is 18.2. The fourth-order valence-corrected chi connectivity index (χ4v) is 9.46. The van der Waals surface area contributed by atoms with Crippen molar-refractivity contribution in [1.29, 1.82) is 0 Å². The molecule has 0 aliphatic heterocycles. The van der Waals surface area contributed by atoms with Crippen LogP contribution in [0.4, 0.5) is 0 Å². The highest BCUT2D eigenvalue weighted by molar-refractivity contribution is 6.77. The summed E-state index contributed by atoms with van der Waals surface area (Å²) in [6.45, 7) is 19.8. The summed E-state index contributed by atoms with van der Waals surface area (Å²) in [5.41, 5.74) is 2.29. The monoisotopic (exact) mass is 272 g/mol. The van der Waals surface area contributed by atoms with Crippen LogP contribution in [0.5, 0.6) is 0 Å². The molecule has 0 amide bonds. The number of rotatable bonds is 9. The van der Waals surface area contributed by atoms with E-state index in [1.54, 1.807) is 0 Å². The van der Waals surface area contributed by atoms with Crippen LogP contribution in [0.1, 0.15) is 74.7 Å². The average molecular weight is 273 g/mol. The van der Waals surface area contributed by atoms with Gasteiger partial charge in [-0.2, -0.15) is 0 Å². The summed E-state index contributed by atoms with van der Waals surface area (Å²) in [4.78, 5) is 0. The molecule has 0 aliphatic rings. The Morgan fingerprint density at radius 2 is 1.06 bits per heavy atom. The largest absolute Gasteiger partial charge is 0.416 e. The summed E-state index contributed by atoms with van der Waals surface area (Å²) in [7, 11) is -1.67. The van der Waals surface area contributed by atoms with Crippen molar-refractivity contribution in [2.75, 3.05) is 6.61 Å². The molecule has 2 heteroatoms. The molecule has 0 fully saturated rings. The van der Waals surface area contributed by atoms with Gasteiger partial charge in [-0.1, -0.05) is 74.7 Å². The van der Waals surface area contributed by atoms with Gasteiger partial charge in [0.1, 0.15) is 0 Å². The first-order valence-electron chi connectivity index (χ1n) is 8.00. The molecule has 0 bridgehead atoms. The molecule has 3 atom stereocenters. The van der Waals surface area contributed by atoms with E-state index in [0.717, 1.165) is 23.2 Å². The van der Waals surface area contributed by atoms with E-state index in [4.69, 9.17) is 4.43 Å². The summed E-state index contributed by atoms with van der Waals surface area (Å²) >= 11 is 0. The van der Waals surface area contributed by atoms with E-state index >= 15 is 0 Å². The van der Waals surface area contributed by atoms with E-state index in [2.05, 4.69) is 55.4 Å². The standard InChI is InChI=1S/C16H36OSi/c1-9-14(6)18(15(7)10-2,16(8)11-3)17-12-13(4)5/h13-16H,9-12H2,1-8H3. The predicted octanol–water partition coefficient (Wildman–Crippen LogP) is 6.00. The molecule has 0 rings (SSSR count). The molecule has 0 aromatic heterocycles. The number of hydrogen-bond donors (Lipinski definition) is 0. The highest BCUT2D eigenvalue weighted by Gasteiger charge is 2.48. The molecule has 0 aromatic carbocycles. The Morgan fingerprint density at radius 1 is 0.722 bits per heavy atom. The summed E-state index contributed by atoms with van der Waals surface area (Å²) in [6, 6.07) is 0. The molecule has 0 heterocycles. The van der Waals surface area contributed by atoms with E-state index in [-0.39, 0.29) is 0 Å². The van der Waals surface area contributed by atoms with Crippen LogP contribution < -0.4 is 0 Å². The van der Waals surface area contributed by atoms with Crippen molar-refractivity contribution in [1.82, 2.24) is 0 Å². The maximum atomic E-state index is 6.69. The van der Waals surface area contributed by atoms with Gasteiger partial charge in [-0.05, 0) is 22.5 Å². The minimum absolute atomic E-state index is 0.647. The zero-order chi connectivity index (χ0) is 14.3. The molecule has 3 unspecified atom stereocenters. The van der Waals surface area contributed by atoms with Gasteiger partial charge in [-0.3, -0.25) is 0 Å². The quantitative estimate of drug-likeness (QED) is 0.467. The lowest BCUT2D eigenvalue weighted by Gasteiger charge is -2.45. The van der Waals surface area contributed by atoms with Crippen LogP contribution in [0, 0.1) is 5.92 Å². The fraction of sp³-hybridized carbons (Fsp3) is 1.00. The van der Waals surface area contributed by atoms with Gasteiger partial charge in [-0.25, -0.2) is 0 Å². The number of hydrogen-bond acceptors (Lipinski definition) is 1. The molecule has 110 valence electrons. The molecule has 0 aromatic rings. The highest BCUT2D eigenvalue weighted by atomic mass is 28.4. The van der Waals surface area contributed by atoms with Gasteiger partial charge >= 0.3 is 0 Å². The average Bonchev–Trinajstić information content (AvgIpc) is 2.37. The Bertz CT molecular complexity index is 189. The lowest BCUT2D eigenvalue weighted by Crippen LogP contribution is -2.50. The first-order valence-corrected chi connectivity index (χ1v) is 10.1. The lowest BCUT2D eigenvalue weighted by atomic mass is 10.2. The molecule has 0 saturated heterocycles. The second-order valence-electron chi connectivity index (χ2n) is 6.49. The first-order chi connectivity index (χ1) is 8.36. The summed E-state index contributed by atoms with van der Waals surface area (Å²) in [6.07, 6.45) is 3.79. The van der Waals surface area contributed by atoms with E-state index in [1.165, 1.54) is 19.3 Å². The second kappa shape index (κ2) is 8.37. The van der Waals surface area contributed by atoms with E-state index in [9.17, 15) is 0 Å². The molecule has 0 aliphatic carbocycles. The Balaban J connectivity index is 5.25. The summed E-state index contributed by atoms with van der Waals surface area (Å²) in [5.74, 6) is 0.647. The van der Waals surface area contributed by atoms with Gasteiger partial charge in [0.15, 0.2) is 0 Å². The molecule has 0 radical (unpaired) electrons. The normalized spacial score (nSPS) is 20.5. The minimum atomic E-state index is -1.67. The SMILES string of the molecule is CCC(C)[Si](OCC(C)C)(C(C)CC)C(C)CC. The smallest absolute Gasteiger partial charge is 0.201 e. The lowest BCUT2D eigenvalue weighted by molar-refractivity contribution is 0.232. The Kier molecular flexibility index (Phi) is 8.45. The van der Waals surface area contributed by atoms with Crippen LogP contribution in [0.2, 0.25) is 16.6 Å². The van der Waals surface area contributed by atoms with Crippen LogP contribution in [0.15, 0.2) is 0 Å². The van der Waals surface area contributed by atoms with Crippen molar-refractivity contribution < 1.29 is 4.43 Å². The zero-order valence-corrected chi connectivity index (χ0v) is 15.0. The molecule has 0 spiro atoms. The van der Waals surface area contributed by atoms with Gasteiger partial charge in [0.2, 0.25) is 8.32 Å². The van der Waals surface area contributed by atoms with Crippen molar-refractivity contribution in [3.63, 3.8) is 0 Å². The van der Waals surface area contributed by atoms with Crippen molar-refractivity contribution in [2.45, 2.75) is 91.3 Å². The highest BCUT2D eigenvalue weighted by Crippen LogP contribution is 2.47. The van der Waals surface area contributed by atoms with Gasteiger partial charge in [0.25, 0.3) is 0 Å². The van der Waals surface area contributed by atoms with Crippen LogP contribution in [0.3, 0.4) is 0 Å². The van der Waals surface area contributed by atoms with Crippen molar-refractivity contribution in [2.24, 2.45) is 5.92 Å². The third-order valence-electron chi connectivity index (χ3n) is 4.81. The molecular formula is C16H36OSi. The Morgan fingerprint density at radius 3 is 1.28 bits per heavy atom. The summed E-state index contributed by atoms with van der Waals surface area (Å²) < 4.78 is 6.69. The molecule has 0 N–H and O–H groups in total. The second-order valence-corrected chi connectivity index (χ2v) is 11.4.